The largest absolute Gasteiger partial charge is 0.497 e. The van der Waals surface area contributed by atoms with E-state index >= 15 is 0 Å². The molecule has 1 amide bonds. The molecule has 1 saturated heterocycles. The average Bonchev–Trinajstić information content (AvgIpc) is 2.79. The van der Waals surface area contributed by atoms with Gasteiger partial charge in [-0.2, -0.15) is 4.31 Å². The van der Waals surface area contributed by atoms with Gasteiger partial charge in [0.25, 0.3) is 5.91 Å². The standard InChI is InChI=1S/C23H29ClN2O5S/c1-16(2)14-22(17-4-6-18(30-3)7-5-17)25-23(27)20-15-19(8-9-21(20)24)32(28,29)26-10-12-31-13-11-26/h4-9,15-16,22H,10-14H2,1-3H3,(H,25,27)/t22-/m1/s1. The van der Waals surface area contributed by atoms with Gasteiger partial charge in [0.2, 0.25) is 10.0 Å². The van der Waals surface area contributed by atoms with E-state index in [1.807, 2.05) is 24.3 Å². The average molecular weight is 481 g/mol. The molecule has 1 aliphatic rings. The van der Waals surface area contributed by atoms with Crippen LogP contribution in [0.2, 0.25) is 5.02 Å². The van der Waals surface area contributed by atoms with Gasteiger partial charge in [-0.15, -0.1) is 0 Å². The number of nitrogens with zero attached hydrogens (tertiary/aromatic N) is 1. The number of hydrogen-bond donors (Lipinski definition) is 1. The second kappa shape index (κ2) is 10.7. The number of sulfonamides is 1. The number of carbonyl (C=O) groups excluding carboxylic acids is 1. The topological polar surface area (TPSA) is 84.9 Å². The number of nitrogens with one attached hydrogen (secondary N) is 1. The van der Waals surface area contributed by atoms with Crippen molar-refractivity contribution in [1.82, 2.24) is 9.62 Å². The molecule has 2 aromatic rings. The lowest BCUT2D eigenvalue weighted by Crippen LogP contribution is -2.40. The lowest BCUT2D eigenvalue weighted by molar-refractivity contribution is 0.0730. The maximum absolute atomic E-state index is 13.2. The molecule has 1 fully saturated rings. The molecule has 1 N–H and O–H groups in total. The highest BCUT2D eigenvalue weighted by atomic mass is 35.5. The number of rotatable bonds is 8. The number of ether oxygens (including phenoxy) is 2. The minimum atomic E-state index is -3.74. The van der Waals surface area contributed by atoms with Crippen LogP contribution in [0.15, 0.2) is 47.4 Å². The third-order valence-electron chi connectivity index (χ3n) is 5.32. The SMILES string of the molecule is COc1ccc([C@@H](CC(C)C)NC(=O)c2cc(S(=O)(=O)N3CCOCC3)ccc2Cl)cc1. The molecule has 1 heterocycles. The predicted octanol–water partition coefficient (Wildman–Crippen LogP) is 3.89. The van der Waals surface area contributed by atoms with E-state index < -0.39 is 15.9 Å². The second-order valence-corrected chi connectivity index (χ2v) is 10.4. The Bertz CT molecular complexity index is 1030. The van der Waals surface area contributed by atoms with Crippen LogP contribution in [0.5, 0.6) is 5.75 Å². The number of morpholine rings is 1. The molecule has 7 nitrogen and oxygen atoms in total. The van der Waals surface area contributed by atoms with Crippen LogP contribution in [0.3, 0.4) is 0 Å². The molecular weight excluding hydrogens is 452 g/mol. The van der Waals surface area contributed by atoms with E-state index in [-0.39, 0.29) is 34.6 Å². The Labute approximate surface area is 194 Å². The summed E-state index contributed by atoms with van der Waals surface area (Å²) in [4.78, 5) is 13.2. The van der Waals surface area contributed by atoms with Gasteiger partial charge in [-0.3, -0.25) is 4.79 Å². The second-order valence-electron chi connectivity index (χ2n) is 8.09. The van der Waals surface area contributed by atoms with Crippen molar-refractivity contribution < 1.29 is 22.7 Å². The van der Waals surface area contributed by atoms with E-state index in [1.54, 1.807) is 7.11 Å². The first-order chi connectivity index (χ1) is 15.2. The zero-order valence-electron chi connectivity index (χ0n) is 18.5. The molecule has 2 aromatic carbocycles. The first-order valence-corrected chi connectivity index (χ1v) is 12.4. The van der Waals surface area contributed by atoms with Gasteiger partial charge in [0, 0.05) is 13.1 Å². The van der Waals surface area contributed by atoms with E-state index in [0.717, 1.165) is 11.3 Å². The van der Waals surface area contributed by atoms with Gasteiger partial charge >= 0.3 is 0 Å². The Morgan fingerprint density at radius 3 is 2.41 bits per heavy atom. The van der Waals surface area contributed by atoms with E-state index in [9.17, 15) is 13.2 Å². The van der Waals surface area contributed by atoms with E-state index in [4.69, 9.17) is 21.1 Å². The van der Waals surface area contributed by atoms with Crippen molar-refractivity contribution in [3.05, 3.63) is 58.6 Å². The van der Waals surface area contributed by atoms with Crippen LogP contribution in [0.1, 0.15) is 42.2 Å². The summed E-state index contributed by atoms with van der Waals surface area (Å²) in [5.74, 6) is 0.633. The van der Waals surface area contributed by atoms with Gasteiger partial charge < -0.3 is 14.8 Å². The molecule has 0 aliphatic carbocycles. The number of halogens is 1. The van der Waals surface area contributed by atoms with Crippen molar-refractivity contribution in [2.75, 3.05) is 33.4 Å². The monoisotopic (exact) mass is 480 g/mol. The first kappa shape index (κ1) is 24.5. The van der Waals surface area contributed by atoms with Gasteiger partial charge in [-0.1, -0.05) is 37.6 Å². The van der Waals surface area contributed by atoms with Crippen molar-refractivity contribution in [1.29, 1.82) is 0 Å². The van der Waals surface area contributed by atoms with Crippen LogP contribution in [0, 0.1) is 5.92 Å². The highest BCUT2D eigenvalue weighted by Gasteiger charge is 2.28. The van der Waals surface area contributed by atoms with Crippen LogP contribution in [0.4, 0.5) is 0 Å². The minimum Gasteiger partial charge on any atom is -0.497 e. The van der Waals surface area contributed by atoms with Crippen molar-refractivity contribution >= 4 is 27.5 Å². The molecule has 3 rings (SSSR count). The Morgan fingerprint density at radius 2 is 1.81 bits per heavy atom. The summed E-state index contributed by atoms with van der Waals surface area (Å²) in [6.45, 7) is 5.40. The molecule has 0 unspecified atom stereocenters. The van der Waals surface area contributed by atoms with Crippen LogP contribution >= 0.6 is 11.6 Å². The third kappa shape index (κ3) is 5.81. The number of benzene rings is 2. The van der Waals surface area contributed by atoms with Crippen molar-refractivity contribution in [3.63, 3.8) is 0 Å². The molecule has 0 radical (unpaired) electrons. The first-order valence-electron chi connectivity index (χ1n) is 10.5. The number of hydrogen-bond acceptors (Lipinski definition) is 5. The third-order valence-corrected chi connectivity index (χ3v) is 7.55. The van der Waals surface area contributed by atoms with E-state index in [0.29, 0.717) is 25.6 Å². The lowest BCUT2D eigenvalue weighted by Gasteiger charge is -2.26. The van der Waals surface area contributed by atoms with Gasteiger partial charge in [-0.25, -0.2) is 8.42 Å². The van der Waals surface area contributed by atoms with Crippen molar-refractivity contribution in [2.24, 2.45) is 5.92 Å². The maximum atomic E-state index is 13.2. The molecular formula is C23H29ClN2O5S. The summed E-state index contributed by atoms with van der Waals surface area (Å²) in [6, 6.07) is 11.5. The smallest absolute Gasteiger partial charge is 0.253 e. The summed E-state index contributed by atoms with van der Waals surface area (Å²) in [7, 11) is -2.14. The molecule has 0 aromatic heterocycles. The van der Waals surface area contributed by atoms with Crippen LogP contribution in [-0.2, 0) is 14.8 Å². The van der Waals surface area contributed by atoms with Crippen LogP contribution in [-0.4, -0.2) is 52.0 Å². The zero-order valence-corrected chi connectivity index (χ0v) is 20.1. The van der Waals surface area contributed by atoms with Crippen molar-refractivity contribution in [3.8, 4) is 5.75 Å². The summed E-state index contributed by atoms with van der Waals surface area (Å²) in [5.41, 5.74) is 1.06. The Kier molecular flexibility index (Phi) is 8.16. The Hall–Kier alpha value is -2.13. The van der Waals surface area contributed by atoms with Gasteiger partial charge in [0.1, 0.15) is 5.75 Å². The van der Waals surface area contributed by atoms with E-state index in [1.165, 1.54) is 22.5 Å². The molecule has 0 bridgehead atoms. The minimum absolute atomic E-state index is 0.0406. The quantitative estimate of drug-likeness (QED) is 0.619. The Balaban J connectivity index is 1.86. The molecule has 174 valence electrons. The molecule has 0 saturated carbocycles. The zero-order chi connectivity index (χ0) is 23.3. The summed E-state index contributed by atoms with van der Waals surface area (Å²) >= 11 is 6.30. The normalized spacial score (nSPS) is 16.0. The maximum Gasteiger partial charge on any atom is 0.253 e. The summed E-state index contributed by atoms with van der Waals surface area (Å²) in [6.07, 6.45) is 0.710. The molecule has 1 aliphatic heterocycles. The molecule has 9 heteroatoms. The number of amides is 1. The number of methoxy groups -OCH3 is 1. The molecule has 32 heavy (non-hydrogen) atoms. The fourth-order valence-corrected chi connectivity index (χ4v) is 5.23. The van der Waals surface area contributed by atoms with Crippen molar-refractivity contribution in [2.45, 2.75) is 31.2 Å². The number of carbonyl (C=O) groups is 1. The van der Waals surface area contributed by atoms with Gasteiger partial charge in [0.15, 0.2) is 0 Å². The summed E-state index contributed by atoms with van der Waals surface area (Å²) in [5, 5.41) is 3.22. The van der Waals surface area contributed by atoms with Crippen LogP contribution < -0.4 is 10.1 Å². The molecule has 1 atom stereocenters. The van der Waals surface area contributed by atoms with Crippen LogP contribution in [0.25, 0.3) is 0 Å². The highest BCUT2D eigenvalue weighted by Crippen LogP contribution is 2.27. The molecule has 0 spiro atoms. The lowest BCUT2D eigenvalue weighted by atomic mass is 9.96. The Morgan fingerprint density at radius 1 is 1.16 bits per heavy atom. The fraction of sp³-hybridized carbons (Fsp3) is 0.435. The highest BCUT2D eigenvalue weighted by molar-refractivity contribution is 7.89. The summed E-state index contributed by atoms with van der Waals surface area (Å²) < 4.78 is 37.8. The fourth-order valence-electron chi connectivity index (χ4n) is 3.60. The predicted molar refractivity (Wildman–Crippen MR) is 124 cm³/mol. The van der Waals surface area contributed by atoms with Gasteiger partial charge in [-0.05, 0) is 48.2 Å². The van der Waals surface area contributed by atoms with E-state index in [2.05, 4.69) is 19.2 Å². The van der Waals surface area contributed by atoms with Gasteiger partial charge in [0.05, 0.1) is 41.8 Å².